The molecular weight excluding hydrogens is 306 g/mol. The van der Waals surface area contributed by atoms with Crippen LogP contribution in [0.15, 0.2) is 30.3 Å². The number of primary amides is 1. The van der Waals surface area contributed by atoms with E-state index >= 15 is 0 Å². The van der Waals surface area contributed by atoms with Gasteiger partial charge in [0.25, 0.3) is 0 Å². The highest BCUT2D eigenvalue weighted by molar-refractivity contribution is 5.96. The van der Waals surface area contributed by atoms with Crippen LogP contribution in [0.5, 0.6) is 0 Å². The molecule has 24 heavy (non-hydrogen) atoms. The van der Waals surface area contributed by atoms with E-state index in [1.54, 1.807) is 0 Å². The molecule has 0 radical (unpaired) electrons. The minimum absolute atomic E-state index is 0.0451. The minimum Gasteiger partial charge on any atom is -0.351 e. The molecule has 4 amide bonds. The molecule has 1 saturated carbocycles. The minimum atomic E-state index is -0.833. The molecule has 2 aliphatic rings. The Hall–Kier alpha value is -2.37. The maximum Gasteiger partial charge on any atom is 0.318 e. The number of urea groups is 1. The molecule has 1 saturated heterocycles. The number of hydrogen-bond donors (Lipinski definition) is 2. The lowest BCUT2D eigenvalue weighted by Gasteiger charge is -2.32. The van der Waals surface area contributed by atoms with Gasteiger partial charge in [0.05, 0.1) is 0 Å². The number of nitrogens with zero attached hydrogens (tertiary/aromatic N) is 1. The summed E-state index contributed by atoms with van der Waals surface area (Å²) >= 11 is 0. The second-order valence-electron chi connectivity index (χ2n) is 6.73. The summed E-state index contributed by atoms with van der Waals surface area (Å²) in [5.41, 5.74) is 6.28. The molecule has 1 aliphatic heterocycles. The normalized spacial score (nSPS) is 23.6. The SMILES string of the molecule is NC(=O)NC(=O)[C@H]1CC1CC(=O)N1CCC(c2ccccc2)CC1. The van der Waals surface area contributed by atoms with Gasteiger partial charge < -0.3 is 10.6 Å². The van der Waals surface area contributed by atoms with Gasteiger partial charge >= 0.3 is 6.03 Å². The molecule has 2 atom stereocenters. The van der Waals surface area contributed by atoms with Gasteiger partial charge in [-0.1, -0.05) is 30.3 Å². The van der Waals surface area contributed by atoms with Crippen LogP contribution in [0.4, 0.5) is 4.79 Å². The fourth-order valence-electron chi connectivity index (χ4n) is 3.55. The lowest BCUT2D eigenvalue weighted by Crippen LogP contribution is -2.38. The zero-order valence-electron chi connectivity index (χ0n) is 13.6. The number of imide groups is 1. The predicted octanol–water partition coefficient (Wildman–Crippen LogP) is 1.61. The first-order valence-electron chi connectivity index (χ1n) is 8.47. The van der Waals surface area contributed by atoms with Crippen LogP contribution in [-0.4, -0.2) is 35.8 Å². The summed E-state index contributed by atoms with van der Waals surface area (Å²) < 4.78 is 0. The van der Waals surface area contributed by atoms with Crippen LogP contribution in [0.25, 0.3) is 0 Å². The van der Waals surface area contributed by atoms with Crippen molar-refractivity contribution in [2.75, 3.05) is 13.1 Å². The fraction of sp³-hybridized carbons (Fsp3) is 0.500. The highest BCUT2D eigenvalue weighted by Gasteiger charge is 2.45. The molecule has 128 valence electrons. The summed E-state index contributed by atoms with van der Waals surface area (Å²) in [6.45, 7) is 1.53. The molecule has 1 unspecified atom stereocenters. The summed E-state index contributed by atoms with van der Waals surface area (Å²) in [6, 6.07) is 9.58. The van der Waals surface area contributed by atoms with E-state index in [1.807, 2.05) is 11.0 Å². The van der Waals surface area contributed by atoms with Crippen molar-refractivity contribution in [2.24, 2.45) is 17.6 Å². The summed E-state index contributed by atoms with van der Waals surface area (Å²) in [6.07, 6.45) is 3.00. The Labute approximate surface area is 141 Å². The lowest BCUT2D eigenvalue weighted by atomic mass is 9.89. The van der Waals surface area contributed by atoms with Crippen molar-refractivity contribution in [2.45, 2.75) is 31.6 Å². The van der Waals surface area contributed by atoms with E-state index in [9.17, 15) is 14.4 Å². The molecule has 1 aliphatic carbocycles. The van der Waals surface area contributed by atoms with Crippen molar-refractivity contribution >= 4 is 17.8 Å². The summed E-state index contributed by atoms with van der Waals surface area (Å²) in [4.78, 5) is 36.6. The maximum atomic E-state index is 12.4. The largest absolute Gasteiger partial charge is 0.351 e. The smallest absolute Gasteiger partial charge is 0.318 e. The van der Waals surface area contributed by atoms with Gasteiger partial charge in [0, 0.05) is 25.4 Å². The molecule has 3 rings (SSSR count). The first-order chi connectivity index (χ1) is 11.5. The second-order valence-corrected chi connectivity index (χ2v) is 6.73. The van der Waals surface area contributed by atoms with Gasteiger partial charge in [0.2, 0.25) is 11.8 Å². The first-order valence-corrected chi connectivity index (χ1v) is 8.47. The van der Waals surface area contributed by atoms with E-state index in [0.717, 1.165) is 25.9 Å². The van der Waals surface area contributed by atoms with Crippen LogP contribution in [0.3, 0.4) is 0 Å². The molecule has 3 N–H and O–H groups in total. The van der Waals surface area contributed by atoms with Gasteiger partial charge in [-0.15, -0.1) is 0 Å². The van der Waals surface area contributed by atoms with Crippen LogP contribution in [-0.2, 0) is 9.59 Å². The summed E-state index contributed by atoms with van der Waals surface area (Å²) in [5, 5.41) is 2.09. The number of carbonyl (C=O) groups excluding carboxylic acids is 3. The van der Waals surface area contributed by atoms with Crippen LogP contribution in [0, 0.1) is 11.8 Å². The summed E-state index contributed by atoms with van der Waals surface area (Å²) in [7, 11) is 0. The van der Waals surface area contributed by atoms with Crippen molar-refractivity contribution in [3.63, 3.8) is 0 Å². The number of piperidine rings is 1. The zero-order chi connectivity index (χ0) is 17.1. The molecule has 0 spiro atoms. The lowest BCUT2D eigenvalue weighted by molar-refractivity contribution is -0.132. The third-order valence-corrected chi connectivity index (χ3v) is 5.06. The van der Waals surface area contributed by atoms with E-state index in [4.69, 9.17) is 5.73 Å². The average molecular weight is 329 g/mol. The van der Waals surface area contributed by atoms with Gasteiger partial charge in [0.1, 0.15) is 0 Å². The fourth-order valence-corrected chi connectivity index (χ4v) is 3.55. The standard InChI is InChI=1S/C18H23N3O3/c19-18(24)20-17(23)15-10-14(15)11-16(22)21-8-6-13(7-9-21)12-4-2-1-3-5-12/h1-5,13-15H,6-11H2,(H3,19,20,23,24)/t14?,15-/m0/s1. The van der Waals surface area contributed by atoms with Crippen LogP contribution in [0.2, 0.25) is 0 Å². The van der Waals surface area contributed by atoms with Crippen molar-refractivity contribution < 1.29 is 14.4 Å². The Bertz CT molecular complexity index is 624. The third-order valence-electron chi connectivity index (χ3n) is 5.06. The van der Waals surface area contributed by atoms with Gasteiger partial charge in [-0.3, -0.25) is 14.9 Å². The Morgan fingerprint density at radius 3 is 2.42 bits per heavy atom. The Kier molecular flexibility index (Phi) is 4.83. The van der Waals surface area contributed by atoms with E-state index in [2.05, 4.69) is 29.6 Å². The van der Waals surface area contributed by atoms with Crippen molar-refractivity contribution in [3.8, 4) is 0 Å². The molecule has 6 nitrogen and oxygen atoms in total. The number of carbonyl (C=O) groups is 3. The number of nitrogens with one attached hydrogen (secondary N) is 1. The molecule has 0 aromatic heterocycles. The van der Waals surface area contributed by atoms with Crippen LogP contribution in [0.1, 0.15) is 37.2 Å². The zero-order valence-corrected chi connectivity index (χ0v) is 13.6. The number of amides is 4. The van der Waals surface area contributed by atoms with Crippen molar-refractivity contribution in [3.05, 3.63) is 35.9 Å². The second kappa shape index (κ2) is 7.03. The van der Waals surface area contributed by atoms with E-state index in [1.165, 1.54) is 5.56 Å². The number of likely N-dealkylation sites (tertiary alicyclic amines) is 1. The van der Waals surface area contributed by atoms with Crippen LogP contribution >= 0.6 is 0 Å². The van der Waals surface area contributed by atoms with Gasteiger partial charge in [-0.05, 0) is 36.7 Å². The van der Waals surface area contributed by atoms with E-state index < -0.39 is 6.03 Å². The molecule has 1 heterocycles. The Balaban J connectivity index is 1.43. The monoisotopic (exact) mass is 329 g/mol. The number of benzene rings is 1. The Morgan fingerprint density at radius 2 is 1.79 bits per heavy atom. The van der Waals surface area contributed by atoms with Gasteiger partial charge in [-0.2, -0.15) is 0 Å². The van der Waals surface area contributed by atoms with Crippen LogP contribution < -0.4 is 11.1 Å². The van der Waals surface area contributed by atoms with Gasteiger partial charge in [-0.25, -0.2) is 4.79 Å². The predicted molar refractivity (Wildman–Crippen MR) is 88.9 cm³/mol. The number of hydrogen-bond acceptors (Lipinski definition) is 3. The molecule has 1 aromatic carbocycles. The number of nitrogens with two attached hydrogens (primary N) is 1. The van der Waals surface area contributed by atoms with E-state index in [0.29, 0.717) is 18.8 Å². The quantitative estimate of drug-likeness (QED) is 0.879. The third kappa shape index (κ3) is 3.93. The van der Waals surface area contributed by atoms with Crippen molar-refractivity contribution in [1.82, 2.24) is 10.2 Å². The molecular formula is C18H23N3O3. The summed E-state index contributed by atoms with van der Waals surface area (Å²) in [5.74, 6) is 0.0706. The molecule has 0 bridgehead atoms. The van der Waals surface area contributed by atoms with Gasteiger partial charge in [0.15, 0.2) is 0 Å². The Morgan fingerprint density at radius 1 is 1.12 bits per heavy atom. The number of rotatable bonds is 4. The average Bonchev–Trinajstić information content (AvgIpc) is 3.34. The first kappa shape index (κ1) is 16.5. The molecule has 2 fully saturated rings. The van der Waals surface area contributed by atoms with E-state index in [-0.39, 0.29) is 23.7 Å². The molecule has 6 heteroatoms. The topological polar surface area (TPSA) is 92.5 Å². The van der Waals surface area contributed by atoms with Crippen molar-refractivity contribution in [1.29, 1.82) is 0 Å². The molecule has 1 aromatic rings. The highest BCUT2D eigenvalue weighted by Crippen LogP contribution is 2.42. The highest BCUT2D eigenvalue weighted by atomic mass is 16.2. The maximum absolute atomic E-state index is 12.4.